The monoisotopic (exact) mass is 1030 g/mol. The smallest absolute Gasteiger partial charge is 0.128 e. The van der Waals surface area contributed by atoms with Crippen molar-refractivity contribution >= 4 is 85.0 Å². The molecule has 0 unspecified atom stereocenters. The van der Waals surface area contributed by atoms with Gasteiger partial charge in [-0.3, -0.25) is 0 Å². The maximum Gasteiger partial charge on any atom is 0.128 e. The fourth-order valence-corrected chi connectivity index (χ4v) is 11.0. The molecule has 2 fully saturated rings. The first kappa shape index (κ1) is 50.3. The summed E-state index contributed by atoms with van der Waals surface area (Å²) in [5, 5.41) is 7.37. The van der Waals surface area contributed by atoms with E-state index in [0.29, 0.717) is 15.1 Å². The quantitative estimate of drug-likeness (QED) is 0.167. The first-order valence-electron chi connectivity index (χ1n) is 24.9. The van der Waals surface area contributed by atoms with Gasteiger partial charge in [0.1, 0.15) is 11.5 Å². The molecule has 0 atom stereocenters. The molecule has 8 aromatic rings. The van der Waals surface area contributed by atoms with Gasteiger partial charge in [0.15, 0.2) is 0 Å². The number of pyridine rings is 2. The Morgan fingerprint density at radius 2 is 1.05 bits per heavy atom. The highest BCUT2D eigenvalue weighted by Crippen LogP contribution is 2.49. The third kappa shape index (κ3) is 10.6. The summed E-state index contributed by atoms with van der Waals surface area (Å²) in [6.45, 7) is 18.2. The van der Waals surface area contributed by atoms with E-state index in [1.54, 1.807) is 20.3 Å². The van der Waals surface area contributed by atoms with E-state index in [1.165, 1.54) is 33.9 Å². The third-order valence-corrected chi connectivity index (χ3v) is 15.1. The van der Waals surface area contributed by atoms with Crippen molar-refractivity contribution in [1.82, 2.24) is 9.97 Å². The number of hydrogen-bond donors (Lipinski definition) is 1. The normalized spacial score (nSPS) is 16.4. The van der Waals surface area contributed by atoms with Crippen LogP contribution in [0, 0.1) is 0 Å². The van der Waals surface area contributed by atoms with Crippen molar-refractivity contribution in [2.45, 2.75) is 38.5 Å². The SMILES string of the molecule is CC1(C)CNc2cc(N3CCOCC3)ccc21.COc1ccccc1-c1cc(Cl)c2cc(Cl)ccc2n1.COc1ccccc1-c1cc(N2CC(C)(C)c3ccc(N4CCOCC4)cc32)c2cc(Cl)ccc2n1. The van der Waals surface area contributed by atoms with E-state index in [1.807, 2.05) is 78.9 Å². The molecule has 2 aromatic heterocycles. The van der Waals surface area contributed by atoms with Crippen LogP contribution in [0.25, 0.3) is 44.3 Å². The van der Waals surface area contributed by atoms with Crippen molar-refractivity contribution in [1.29, 1.82) is 0 Å². The fraction of sp³-hybridized carbons (Fsp3) is 0.300. The van der Waals surface area contributed by atoms with Gasteiger partial charge >= 0.3 is 0 Å². The molecule has 0 bridgehead atoms. The van der Waals surface area contributed by atoms with Gasteiger partial charge in [-0.15, -0.1) is 0 Å². The Balaban J connectivity index is 0.000000139. The number of para-hydroxylation sites is 2. The van der Waals surface area contributed by atoms with Crippen molar-refractivity contribution in [3.8, 4) is 34.0 Å². The number of hydrogen-bond acceptors (Lipinski definition) is 10. The Morgan fingerprint density at radius 1 is 0.534 bits per heavy atom. The van der Waals surface area contributed by atoms with E-state index in [-0.39, 0.29) is 10.8 Å². The van der Waals surface area contributed by atoms with Gasteiger partial charge < -0.3 is 39.0 Å². The van der Waals surface area contributed by atoms with Crippen LogP contribution in [-0.2, 0) is 20.3 Å². The fourth-order valence-electron chi connectivity index (χ4n) is 10.4. The second-order valence-corrected chi connectivity index (χ2v) is 21.4. The molecule has 13 heteroatoms. The predicted octanol–water partition coefficient (Wildman–Crippen LogP) is 14.3. The van der Waals surface area contributed by atoms with Gasteiger partial charge in [-0.2, -0.15) is 0 Å². The van der Waals surface area contributed by atoms with Crippen LogP contribution in [0.15, 0.2) is 133 Å². The highest BCUT2D eigenvalue weighted by Gasteiger charge is 2.37. The predicted molar refractivity (Wildman–Crippen MR) is 303 cm³/mol. The Morgan fingerprint density at radius 3 is 1.64 bits per heavy atom. The minimum absolute atomic E-state index is 0.00234. The molecular weight excluding hydrogens is 975 g/mol. The second-order valence-electron chi connectivity index (χ2n) is 20.1. The lowest BCUT2D eigenvalue weighted by Crippen LogP contribution is -2.36. The number of ether oxygens (including phenoxy) is 4. The van der Waals surface area contributed by atoms with Crippen LogP contribution in [0.4, 0.5) is 28.4 Å². The molecular formula is C60H61Cl3N6O4. The average molecular weight is 1040 g/mol. The molecule has 12 rings (SSSR count). The van der Waals surface area contributed by atoms with Crippen molar-refractivity contribution in [2.24, 2.45) is 0 Å². The minimum atomic E-state index is -0.00234. The molecule has 6 aromatic carbocycles. The molecule has 0 radical (unpaired) electrons. The van der Waals surface area contributed by atoms with Gasteiger partial charge in [-0.25, -0.2) is 9.97 Å². The van der Waals surface area contributed by atoms with Gasteiger partial charge in [0.2, 0.25) is 0 Å². The van der Waals surface area contributed by atoms with Crippen LogP contribution in [-0.4, -0.2) is 89.9 Å². The largest absolute Gasteiger partial charge is 0.496 e. The number of methoxy groups -OCH3 is 2. The van der Waals surface area contributed by atoms with E-state index >= 15 is 0 Å². The summed E-state index contributed by atoms with van der Waals surface area (Å²) >= 11 is 18.8. The van der Waals surface area contributed by atoms with Gasteiger partial charge in [0, 0.05) is 105 Å². The number of anilines is 5. The lowest BCUT2D eigenvalue weighted by Gasteiger charge is -2.30. The standard InChI is InChI=1S/C30H30ClN3O2.C16H11Cl2NO.C14H20N2O/c1-30(2)19-34(28-17-21(9-10-24(28)30)33-12-14-36-15-13-33)27-18-26(22-6-4-5-7-29(22)35-3)32-25-11-8-20(31)16-23(25)27;1-20-16-5-3-2-4-11(16)15-9-13(18)12-8-10(17)6-7-14(12)19-15;1-14(2)10-15-13-9-11(3-4-12(13)14)16-5-7-17-8-6-16/h4-11,16-18H,12-15,19H2,1-3H3;2-9H,1H3;3-4,9,15H,5-8,10H2,1-2H3. The number of benzene rings is 6. The molecule has 1 N–H and O–H groups in total. The molecule has 4 aliphatic heterocycles. The summed E-state index contributed by atoms with van der Waals surface area (Å²) in [7, 11) is 3.34. The number of morpholine rings is 2. The molecule has 0 spiro atoms. The van der Waals surface area contributed by atoms with E-state index in [0.717, 1.165) is 127 Å². The number of rotatable bonds is 7. The van der Waals surface area contributed by atoms with Crippen LogP contribution < -0.4 is 29.5 Å². The van der Waals surface area contributed by atoms with Gasteiger partial charge in [-0.05, 0) is 108 Å². The zero-order valence-electron chi connectivity index (χ0n) is 42.3. The lowest BCUT2D eigenvalue weighted by molar-refractivity contribution is 0.122. The van der Waals surface area contributed by atoms with Crippen LogP contribution >= 0.6 is 34.8 Å². The van der Waals surface area contributed by atoms with Crippen molar-refractivity contribution in [2.75, 3.05) is 99.9 Å². The van der Waals surface area contributed by atoms with E-state index in [9.17, 15) is 0 Å². The van der Waals surface area contributed by atoms with E-state index < -0.39 is 0 Å². The molecule has 0 aliphatic carbocycles. The summed E-state index contributed by atoms with van der Waals surface area (Å²) in [5.74, 6) is 1.57. The molecule has 4 aliphatic rings. The maximum atomic E-state index is 6.50. The van der Waals surface area contributed by atoms with E-state index in [2.05, 4.69) is 101 Å². The number of fused-ring (bicyclic) bond motifs is 4. The zero-order valence-corrected chi connectivity index (χ0v) is 44.5. The molecule has 376 valence electrons. The summed E-state index contributed by atoms with van der Waals surface area (Å²) in [6, 6.07) is 44.9. The number of aromatic nitrogens is 2. The van der Waals surface area contributed by atoms with Gasteiger partial charge in [0.25, 0.3) is 0 Å². The average Bonchev–Trinajstić information content (AvgIpc) is 3.88. The highest BCUT2D eigenvalue weighted by atomic mass is 35.5. The van der Waals surface area contributed by atoms with Crippen LogP contribution in [0.1, 0.15) is 38.8 Å². The molecule has 10 nitrogen and oxygen atoms in total. The molecule has 6 heterocycles. The summed E-state index contributed by atoms with van der Waals surface area (Å²) < 4.78 is 22.0. The lowest BCUT2D eigenvalue weighted by atomic mass is 9.87. The maximum absolute atomic E-state index is 6.50. The first-order chi connectivity index (χ1) is 35.3. The number of nitrogens with one attached hydrogen (secondary N) is 1. The summed E-state index contributed by atoms with van der Waals surface area (Å²) in [4.78, 5) is 16.9. The van der Waals surface area contributed by atoms with Gasteiger partial charge in [0.05, 0.1) is 73.8 Å². The molecule has 2 saturated heterocycles. The van der Waals surface area contributed by atoms with Crippen molar-refractivity contribution in [3.05, 3.63) is 160 Å². The van der Waals surface area contributed by atoms with Crippen LogP contribution in [0.5, 0.6) is 11.5 Å². The zero-order chi connectivity index (χ0) is 50.9. The molecule has 0 amide bonds. The van der Waals surface area contributed by atoms with Crippen LogP contribution in [0.3, 0.4) is 0 Å². The molecule has 73 heavy (non-hydrogen) atoms. The number of nitrogens with zero attached hydrogens (tertiary/aromatic N) is 5. The first-order valence-corrected chi connectivity index (χ1v) is 26.0. The van der Waals surface area contributed by atoms with E-state index in [4.69, 9.17) is 58.7 Å². The third-order valence-electron chi connectivity index (χ3n) is 14.3. The Hall–Kier alpha value is -6.27. The second kappa shape index (κ2) is 21.3. The Kier molecular flexibility index (Phi) is 14.7. The van der Waals surface area contributed by atoms with Gasteiger partial charge in [-0.1, -0.05) is 98.9 Å². The Labute approximate surface area is 443 Å². The topological polar surface area (TPSA) is 84.5 Å². The van der Waals surface area contributed by atoms with Crippen molar-refractivity contribution < 1.29 is 18.9 Å². The van der Waals surface area contributed by atoms with Crippen molar-refractivity contribution in [3.63, 3.8) is 0 Å². The van der Waals surface area contributed by atoms with Crippen LogP contribution in [0.2, 0.25) is 15.1 Å². The number of halogens is 3. The molecule has 0 saturated carbocycles. The summed E-state index contributed by atoms with van der Waals surface area (Å²) in [6.07, 6.45) is 0. The highest BCUT2D eigenvalue weighted by molar-refractivity contribution is 6.37. The minimum Gasteiger partial charge on any atom is -0.496 e. The Bertz CT molecular complexity index is 3300. The summed E-state index contributed by atoms with van der Waals surface area (Å²) in [5.41, 5.74) is 14.5.